The van der Waals surface area contributed by atoms with E-state index in [4.69, 9.17) is 13.9 Å². The van der Waals surface area contributed by atoms with E-state index in [1.807, 2.05) is 36.4 Å². The molecule has 0 aliphatic carbocycles. The van der Waals surface area contributed by atoms with Gasteiger partial charge in [0.15, 0.2) is 0 Å². The monoisotopic (exact) mass is 470 g/mol. The molecule has 0 radical (unpaired) electrons. The summed E-state index contributed by atoms with van der Waals surface area (Å²) in [5.41, 5.74) is 3.56. The van der Waals surface area contributed by atoms with E-state index in [0.717, 1.165) is 61.5 Å². The topological polar surface area (TPSA) is 55.2 Å². The number of hydrogen-bond acceptors (Lipinski definition) is 6. The van der Waals surface area contributed by atoms with Gasteiger partial charge in [-0.3, -0.25) is 9.80 Å². The highest BCUT2D eigenvalue weighted by atomic mass is 16.5. The molecule has 1 aliphatic heterocycles. The molecule has 2 heterocycles. The molecule has 1 fully saturated rings. The zero-order chi connectivity index (χ0) is 24.0. The number of nitrogens with zero attached hydrogens (tertiary/aromatic N) is 2. The van der Waals surface area contributed by atoms with Crippen molar-refractivity contribution in [2.45, 2.75) is 19.7 Å². The first-order valence-electron chi connectivity index (χ1n) is 12.0. The van der Waals surface area contributed by atoms with Gasteiger partial charge < -0.3 is 13.9 Å². The summed E-state index contributed by atoms with van der Waals surface area (Å²) in [6.07, 6.45) is 0. The molecule has 0 spiro atoms. The normalized spacial score (nSPS) is 14.8. The highest BCUT2D eigenvalue weighted by Gasteiger charge is 2.18. The van der Waals surface area contributed by atoms with Crippen LogP contribution in [0.3, 0.4) is 0 Å². The maximum absolute atomic E-state index is 12.3. The molecule has 180 valence electrons. The maximum atomic E-state index is 12.3. The number of fused-ring (bicyclic) bond motifs is 1. The van der Waals surface area contributed by atoms with E-state index in [1.165, 1.54) is 5.56 Å². The molecule has 3 aromatic carbocycles. The first kappa shape index (κ1) is 23.1. The highest BCUT2D eigenvalue weighted by molar-refractivity contribution is 5.81. The van der Waals surface area contributed by atoms with Crippen molar-refractivity contribution >= 4 is 11.0 Å². The van der Waals surface area contributed by atoms with Gasteiger partial charge in [-0.15, -0.1) is 0 Å². The SMILES string of the molecule is COc1cccc(COc2ccc3c(CN4CCN(Cc5ccccc5)CC4)cc(=O)oc3c2)c1. The van der Waals surface area contributed by atoms with Crippen LogP contribution in [0.15, 0.2) is 88.1 Å². The Morgan fingerprint density at radius 3 is 2.29 bits per heavy atom. The average Bonchev–Trinajstić information content (AvgIpc) is 2.89. The van der Waals surface area contributed by atoms with Crippen LogP contribution in [-0.2, 0) is 19.7 Å². The third-order valence-corrected chi connectivity index (χ3v) is 6.45. The van der Waals surface area contributed by atoms with Crippen LogP contribution in [0.2, 0.25) is 0 Å². The third kappa shape index (κ3) is 5.91. The Morgan fingerprint density at radius 2 is 1.51 bits per heavy atom. The predicted molar refractivity (Wildman–Crippen MR) is 137 cm³/mol. The lowest BCUT2D eigenvalue weighted by atomic mass is 10.1. The van der Waals surface area contributed by atoms with Crippen LogP contribution in [0.25, 0.3) is 11.0 Å². The van der Waals surface area contributed by atoms with Gasteiger partial charge in [-0.1, -0.05) is 42.5 Å². The zero-order valence-electron chi connectivity index (χ0n) is 20.0. The summed E-state index contributed by atoms with van der Waals surface area (Å²) in [6, 6.07) is 25.7. The van der Waals surface area contributed by atoms with Crippen molar-refractivity contribution in [2.75, 3.05) is 33.3 Å². The van der Waals surface area contributed by atoms with Crippen molar-refractivity contribution in [1.82, 2.24) is 9.80 Å². The molecule has 0 N–H and O–H groups in total. The fourth-order valence-electron chi connectivity index (χ4n) is 4.55. The van der Waals surface area contributed by atoms with Crippen molar-refractivity contribution in [1.29, 1.82) is 0 Å². The molecule has 6 nitrogen and oxygen atoms in total. The second-order valence-corrected chi connectivity index (χ2v) is 8.93. The van der Waals surface area contributed by atoms with Crippen LogP contribution in [0, 0.1) is 0 Å². The molecule has 0 amide bonds. The first-order chi connectivity index (χ1) is 17.2. The molecule has 0 bridgehead atoms. The van der Waals surface area contributed by atoms with E-state index in [1.54, 1.807) is 19.2 Å². The summed E-state index contributed by atoms with van der Waals surface area (Å²) in [4.78, 5) is 17.2. The molecule has 35 heavy (non-hydrogen) atoms. The molecule has 1 saturated heterocycles. The number of piperazine rings is 1. The molecule has 0 atom stereocenters. The van der Waals surface area contributed by atoms with Crippen LogP contribution < -0.4 is 15.1 Å². The van der Waals surface area contributed by atoms with Crippen LogP contribution in [-0.4, -0.2) is 43.1 Å². The molecular weight excluding hydrogens is 440 g/mol. The van der Waals surface area contributed by atoms with Gasteiger partial charge in [0.25, 0.3) is 0 Å². The molecule has 5 rings (SSSR count). The molecule has 0 saturated carbocycles. The summed E-state index contributed by atoms with van der Waals surface area (Å²) < 4.78 is 16.8. The molecule has 1 aromatic heterocycles. The number of hydrogen-bond donors (Lipinski definition) is 0. The van der Waals surface area contributed by atoms with Gasteiger partial charge in [-0.2, -0.15) is 0 Å². The molecule has 6 heteroatoms. The van der Waals surface area contributed by atoms with Gasteiger partial charge in [0.2, 0.25) is 0 Å². The van der Waals surface area contributed by atoms with Crippen molar-refractivity contribution in [3.8, 4) is 11.5 Å². The van der Waals surface area contributed by atoms with E-state index in [2.05, 4.69) is 40.1 Å². The quantitative estimate of drug-likeness (QED) is 0.348. The van der Waals surface area contributed by atoms with Gasteiger partial charge in [0.1, 0.15) is 23.7 Å². The zero-order valence-corrected chi connectivity index (χ0v) is 20.0. The standard InChI is InChI=1S/C29H30N2O4/c1-33-25-9-5-8-23(16-25)21-34-26-10-11-27-24(17-29(32)35-28(27)18-26)20-31-14-12-30(13-15-31)19-22-6-3-2-4-7-22/h2-11,16-18H,12-15,19-21H2,1H3. The second kappa shape index (κ2) is 10.8. The Labute approximate surface area is 205 Å². The van der Waals surface area contributed by atoms with Gasteiger partial charge in [-0.05, 0) is 41.0 Å². The van der Waals surface area contributed by atoms with Gasteiger partial charge in [0, 0.05) is 56.8 Å². The third-order valence-electron chi connectivity index (χ3n) is 6.45. The fraction of sp³-hybridized carbons (Fsp3) is 0.276. The summed E-state index contributed by atoms with van der Waals surface area (Å²) in [7, 11) is 1.65. The number of ether oxygens (including phenoxy) is 2. The van der Waals surface area contributed by atoms with Gasteiger partial charge in [0.05, 0.1) is 7.11 Å². The number of methoxy groups -OCH3 is 1. The molecule has 4 aromatic rings. The number of rotatable bonds is 8. The molecule has 1 aliphatic rings. The predicted octanol–water partition coefficient (Wildman–Crippen LogP) is 4.70. The van der Waals surface area contributed by atoms with E-state index in [-0.39, 0.29) is 5.63 Å². The minimum Gasteiger partial charge on any atom is -0.497 e. The number of benzene rings is 3. The molecule has 0 unspecified atom stereocenters. The maximum Gasteiger partial charge on any atom is 0.336 e. The van der Waals surface area contributed by atoms with Crippen molar-refractivity contribution < 1.29 is 13.9 Å². The summed E-state index contributed by atoms with van der Waals surface area (Å²) in [6.45, 7) is 6.07. The average molecular weight is 471 g/mol. The minimum absolute atomic E-state index is 0.333. The summed E-state index contributed by atoms with van der Waals surface area (Å²) in [5.74, 6) is 1.45. The fourth-order valence-corrected chi connectivity index (χ4v) is 4.55. The Hall–Kier alpha value is -3.61. The van der Waals surface area contributed by atoms with Gasteiger partial charge in [-0.25, -0.2) is 4.79 Å². The molecular formula is C29H30N2O4. The summed E-state index contributed by atoms with van der Waals surface area (Å²) >= 11 is 0. The first-order valence-corrected chi connectivity index (χ1v) is 12.0. The Morgan fingerprint density at radius 1 is 0.771 bits per heavy atom. The van der Waals surface area contributed by atoms with Gasteiger partial charge >= 0.3 is 5.63 Å². The van der Waals surface area contributed by atoms with Crippen LogP contribution in [0.1, 0.15) is 16.7 Å². The summed E-state index contributed by atoms with van der Waals surface area (Å²) in [5, 5.41) is 0.949. The lowest BCUT2D eigenvalue weighted by molar-refractivity contribution is 0.122. The largest absolute Gasteiger partial charge is 0.497 e. The Kier molecular flexibility index (Phi) is 7.12. The minimum atomic E-state index is -0.333. The van der Waals surface area contributed by atoms with E-state index in [0.29, 0.717) is 17.9 Å². The van der Waals surface area contributed by atoms with E-state index < -0.39 is 0 Å². The Bertz CT molecular complexity index is 1330. The lowest BCUT2D eigenvalue weighted by Crippen LogP contribution is -2.45. The smallest absolute Gasteiger partial charge is 0.336 e. The van der Waals surface area contributed by atoms with Crippen molar-refractivity contribution in [3.63, 3.8) is 0 Å². The van der Waals surface area contributed by atoms with Crippen molar-refractivity contribution in [3.05, 3.63) is 106 Å². The van der Waals surface area contributed by atoms with Crippen LogP contribution >= 0.6 is 0 Å². The van der Waals surface area contributed by atoms with Crippen LogP contribution in [0.5, 0.6) is 11.5 Å². The Balaban J connectivity index is 1.24. The van der Waals surface area contributed by atoms with Crippen molar-refractivity contribution in [2.24, 2.45) is 0 Å². The van der Waals surface area contributed by atoms with E-state index in [9.17, 15) is 4.79 Å². The lowest BCUT2D eigenvalue weighted by Gasteiger charge is -2.34. The van der Waals surface area contributed by atoms with E-state index >= 15 is 0 Å². The van der Waals surface area contributed by atoms with Crippen LogP contribution in [0.4, 0.5) is 0 Å². The second-order valence-electron chi connectivity index (χ2n) is 8.93. The highest BCUT2D eigenvalue weighted by Crippen LogP contribution is 2.25.